The van der Waals surface area contributed by atoms with Crippen LogP contribution >= 0.6 is 23.2 Å². The molecule has 1 aromatic carbocycles. The van der Waals surface area contributed by atoms with Gasteiger partial charge in [0.25, 0.3) is 5.91 Å². The standard InChI is InChI=1S/C16H19Cl2NO3/c1-10-3-11(2)8-19(7-10)15(20)9-22-16(21)12-4-13(17)6-14(18)5-12/h4-6,10-11H,3,7-9H2,1-2H3/t10-,11+. The average Bonchev–Trinajstić information content (AvgIpc) is 2.42. The van der Waals surface area contributed by atoms with Gasteiger partial charge >= 0.3 is 5.97 Å². The summed E-state index contributed by atoms with van der Waals surface area (Å²) < 4.78 is 5.08. The van der Waals surface area contributed by atoms with E-state index in [9.17, 15) is 9.59 Å². The molecule has 2 rings (SSSR count). The third-order valence-corrected chi connectivity index (χ3v) is 4.08. The van der Waals surface area contributed by atoms with Crippen molar-refractivity contribution in [3.63, 3.8) is 0 Å². The summed E-state index contributed by atoms with van der Waals surface area (Å²) in [5.74, 6) is 0.168. The van der Waals surface area contributed by atoms with Gasteiger partial charge in [-0.3, -0.25) is 4.79 Å². The maximum Gasteiger partial charge on any atom is 0.338 e. The summed E-state index contributed by atoms with van der Waals surface area (Å²) >= 11 is 11.7. The molecule has 1 aliphatic rings. The molecule has 0 spiro atoms. The Hall–Kier alpha value is -1.26. The number of amides is 1. The summed E-state index contributed by atoms with van der Waals surface area (Å²) in [6.45, 7) is 5.40. The van der Waals surface area contributed by atoms with Crippen LogP contribution in [-0.2, 0) is 9.53 Å². The van der Waals surface area contributed by atoms with Crippen molar-refractivity contribution in [1.29, 1.82) is 0 Å². The van der Waals surface area contributed by atoms with E-state index < -0.39 is 5.97 Å². The van der Waals surface area contributed by atoms with E-state index in [1.807, 2.05) is 0 Å². The van der Waals surface area contributed by atoms with E-state index in [-0.39, 0.29) is 18.1 Å². The number of ether oxygens (including phenoxy) is 1. The first kappa shape index (κ1) is 17.1. The fourth-order valence-electron chi connectivity index (χ4n) is 2.84. The highest BCUT2D eigenvalue weighted by molar-refractivity contribution is 6.35. The van der Waals surface area contributed by atoms with Crippen LogP contribution in [0.2, 0.25) is 10.0 Å². The van der Waals surface area contributed by atoms with Crippen LogP contribution < -0.4 is 0 Å². The molecule has 4 nitrogen and oxygen atoms in total. The highest BCUT2D eigenvalue weighted by Gasteiger charge is 2.26. The zero-order valence-electron chi connectivity index (χ0n) is 12.6. The van der Waals surface area contributed by atoms with Crippen molar-refractivity contribution in [2.75, 3.05) is 19.7 Å². The second-order valence-electron chi connectivity index (χ2n) is 5.98. The lowest BCUT2D eigenvalue weighted by Gasteiger charge is -2.34. The topological polar surface area (TPSA) is 46.6 Å². The summed E-state index contributed by atoms with van der Waals surface area (Å²) in [6.07, 6.45) is 1.12. The van der Waals surface area contributed by atoms with Crippen LogP contribution in [0.15, 0.2) is 18.2 Å². The van der Waals surface area contributed by atoms with Crippen LogP contribution in [-0.4, -0.2) is 36.5 Å². The van der Waals surface area contributed by atoms with Crippen molar-refractivity contribution < 1.29 is 14.3 Å². The molecule has 1 fully saturated rings. The van der Waals surface area contributed by atoms with Crippen molar-refractivity contribution in [2.24, 2.45) is 11.8 Å². The summed E-state index contributed by atoms with van der Waals surface area (Å²) in [5, 5.41) is 0.703. The quantitative estimate of drug-likeness (QED) is 0.787. The molecule has 22 heavy (non-hydrogen) atoms. The monoisotopic (exact) mass is 343 g/mol. The molecule has 1 saturated heterocycles. The zero-order valence-corrected chi connectivity index (χ0v) is 14.2. The molecule has 0 aliphatic carbocycles. The Morgan fingerprint density at radius 2 is 1.68 bits per heavy atom. The third kappa shape index (κ3) is 4.62. The van der Waals surface area contributed by atoms with Crippen LogP contribution in [0, 0.1) is 11.8 Å². The Labute approximate surface area is 140 Å². The molecule has 1 aromatic rings. The number of hydrogen-bond donors (Lipinski definition) is 0. The Balaban J connectivity index is 1.91. The molecule has 2 atom stereocenters. The molecule has 1 amide bonds. The van der Waals surface area contributed by atoms with Crippen molar-refractivity contribution in [3.8, 4) is 0 Å². The Kier molecular flexibility index (Phi) is 5.70. The lowest BCUT2D eigenvalue weighted by atomic mass is 9.92. The van der Waals surface area contributed by atoms with Crippen LogP contribution in [0.5, 0.6) is 0 Å². The van der Waals surface area contributed by atoms with Gasteiger partial charge in [0.05, 0.1) is 5.56 Å². The van der Waals surface area contributed by atoms with Gasteiger partial charge in [-0.1, -0.05) is 37.0 Å². The SMILES string of the molecule is C[C@@H]1C[C@H](C)CN(C(=O)COC(=O)c2cc(Cl)cc(Cl)c2)C1. The second-order valence-corrected chi connectivity index (χ2v) is 6.85. The van der Waals surface area contributed by atoms with Gasteiger partial charge in [0.2, 0.25) is 0 Å². The maximum absolute atomic E-state index is 12.2. The van der Waals surface area contributed by atoms with Gasteiger partial charge < -0.3 is 9.64 Å². The summed E-state index contributed by atoms with van der Waals surface area (Å²) in [6, 6.07) is 4.46. The van der Waals surface area contributed by atoms with E-state index in [1.165, 1.54) is 18.2 Å². The number of rotatable bonds is 3. The first-order valence-electron chi connectivity index (χ1n) is 7.26. The van der Waals surface area contributed by atoms with Crippen LogP contribution in [0.25, 0.3) is 0 Å². The highest BCUT2D eigenvalue weighted by atomic mass is 35.5. The van der Waals surface area contributed by atoms with E-state index in [2.05, 4.69) is 13.8 Å². The van der Waals surface area contributed by atoms with Crippen LogP contribution in [0.4, 0.5) is 0 Å². The molecule has 1 aliphatic heterocycles. The van der Waals surface area contributed by atoms with Gasteiger partial charge in [-0.25, -0.2) is 4.79 Å². The van der Waals surface area contributed by atoms with Crippen LogP contribution in [0.1, 0.15) is 30.6 Å². The molecule has 0 bridgehead atoms. The van der Waals surface area contributed by atoms with E-state index in [0.29, 0.717) is 35.0 Å². The molecule has 0 radical (unpaired) electrons. The first-order valence-corrected chi connectivity index (χ1v) is 8.01. The molecule has 0 saturated carbocycles. The molecule has 6 heteroatoms. The zero-order chi connectivity index (χ0) is 16.3. The molecule has 0 aromatic heterocycles. The van der Waals surface area contributed by atoms with Crippen molar-refractivity contribution >= 4 is 35.1 Å². The summed E-state index contributed by atoms with van der Waals surface area (Å²) in [4.78, 5) is 25.9. The fraction of sp³-hybridized carbons (Fsp3) is 0.500. The lowest BCUT2D eigenvalue weighted by Crippen LogP contribution is -2.44. The van der Waals surface area contributed by atoms with Crippen LogP contribution in [0.3, 0.4) is 0 Å². The average molecular weight is 344 g/mol. The van der Waals surface area contributed by atoms with E-state index in [1.54, 1.807) is 4.90 Å². The van der Waals surface area contributed by atoms with E-state index in [4.69, 9.17) is 27.9 Å². The van der Waals surface area contributed by atoms with E-state index in [0.717, 1.165) is 6.42 Å². The van der Waals surface area contributed by atoms with Crippen molar-refractivity contribution in [3.05, 3.63) is 33.8 Å². The van der Waals surface area contributed by atoms with Crippen molar-refractivity contribution in [1.82, 2.24) is 4.90 Å². The first-order chi connectivity index (χ1) is 10.3. The summed E-state index contributed by atoms with van der Waals surface area (Å²) in [7, 11) is 0. The number of likely N-dealkylation sites (tertiary alicyclic amines) is 1. The molecule has 120 valence electrons. The number of halogens is 2. The van der Waals surface area contributed by atoms with Gasteiger partial charge in [0.15, 0.2) is 6.61 Å². The maximum atomic E-state index is 12.2. The van der Waals surface area contributed by atoms with Gasteiger partial charge in [0.1, 0.15) is 0 Å². The predicted molar refractivity (Wildman–Crippen MR) is 86.3 cm³/mol. The Bertz CT molecular complexity index is 546. The number of piperidine rings is 1. The molecule has 1 heterocycles. The fourth-order valence-corrected chi connectivity index (χ4v) is 3.37. The van der Waals surface area contributed by atoms with Gasteiger partial charge in [-0.05, 0) is 36.5 Å². The van der Waals surface area contributed by atoms with Gasteiger partial charge in [-0.2, -0.15) is 0 Å². The van der Waals surface area contributed by atoms with Gasteiger partial charge in [0, 0.05) is 23.1 Å². The Morgan fingerprint density at radius 1 is 1.14 bits per heavy atom. The normalized spacial score (nSPS) is 21.5. The molecule has 0 N–H and O–H groups in total. The van der Waals surface area contributed by atoms with E-state index >= 15 is 0 Å². The number of carbonyl (C=O) groups is 2. The largest absolute Gasteiger partial charge is 0.452 e. The Morgan fingerprint density at radius 3 is 2.23 bits per heavy atom. The summed E-state index contributed by atoms with van der Waals surface area (Å²) in [5.41, 5.74) is 0.241. The lowest BCUT2D eigenvalue weighted by molar-refractivity contribution is -0.137. The predicted octanol–water partition coefficient (Wildman–Crippen LogP) is 3.65. The smallest absolute Gasteiger partial charge is 0.338 e. The minimum Gasteiger partial charge on any atom is -0.452 e. The molecular formula is C16H19Cl2NO3. The molecular weight excluding hydrogens is 325 g/mol. The number of esters is 1. The second kappa shape index (κ2) is 7.34. The number of benzene rings is 1. The number of nitrogens with zero attached hydrogens (tertiary/aromatic N) is 1. The number of hydrogen-bond acceptors (Lipinski definition) is 3. The minimum absolute atomic E-state index is 0.167. The van der Waals surface area contributed by atoms with Crippen molar-refractivity contribution in [2.45, 2.75) is 20.3 Å². The number of carbonyl (C=O) groups excluding carboxylic acids is 2. The van der Waals surface area contributed by atoms with Gasteiger partial charge in [-0.15, -0.1) is 0 Å². The minimum atomic E-state index is -0.601. The molecule has 0 unspecified atom stereocenters. The third-order valence-electron chi connectivity index (χ3n) is 3.65. The highest BCUT2D eigenvalue weighted by Crippen LogP contribution is 2.22.